The minimum Gasteiger partial charge on any atom is -0.457 e. The number of benzene rings is 2. The third-order valence-corrected chi connectivity index (χ3v) is 3.42. The summed E-state index contributed by atoms with van der Waals surface area (Å²) in [6, 6.07) is 12.7. The number of pyridine rings is 1. The van der Waals surface area contributed by atoms with E-state index in [-0.39, 0.29) is 0 Å². The molecule has 0 saturated carbocycles. The summed E-state index contributed by atoms with van der Waals surface area (Å²) >= 11 is 0. The molecule has 2 amide bonds. The van der Waals surface area contributed by atoms with Crippen LogP contribution in [-0.4, -0.2) is 11.0 Å². The molecule has 1 heterocycles. The molecule has 0 aliphatic carbocycles. The number of hydrogen-bond acceptors (Lipinski definition) is 3. The van der Waals surface area contributed by atoms with Crippen LogP contribution < -0.4 is 15.4 Å². The van der Waals surface area contributed by atoms with Crippen LogP contribution in [0.3, 0.4) is 0 Å². The molecule has 7 heteroatoms. The number of carbonyl (C=O) groups is 1. The van der Waals surface area contributed by atoms with Gasteiger partial charge in [0.1, 0.15) is 28.8 Å². The van der Waals surface area contributed by atoms with E-state index < -0.39 is 23.4 Å². The molecule has 2 N–H and O–H groups in total. The summed E-state index contributed by atoms with van der Waals surface area (Å²) in [7, 11) is 0. The first-order chi connectivity index (χ1) is 12.5. The zero-order valence-corrected chi connectivity index (χ0v) is 13.8. The van der Waals surface area contributed by atoms with E-state index in [2.05, 4.69) is 15.6 Å². The zero-order valence-electron chi connectivity index (χ0n) is 13.8. The van der Waals surface area contributed by atoms with Crippen molar-refractivity contribution >= 4 is 17.4 Å². The first-order valence-electron chi connectivity index (χ1n) is 7.74. The molecule has 0 saturated heterocycles. The van der Waals surface area contributed by atoms with Gasteiger partial charge in [0.05, 0.1) is 0 Å². The molecule has 0 aliphatic heterocycles. The molecular weight excluding hydrogens is 340 g/mol. The number of hydrogen-bond donors (Lipinski definition) is 2. The zero-order chi connectivity index (χ0) is 18.5. The number of halogens is 2. The van der Waals surface area contributed by atoms with Gasteiger partial charge < -0.3 is 15.4 Å². The topological polar surface area (TPSA) is 63.2 Å². The van der Waals surface area contributed by atoms with Crippen LogP contribution in [0, 0.1) is 18.6 Å². The number of amides is 2. The Bertz CT molecular complexity index is 910. The lowest BCUT2D eigenvalue weighted by molar-refractivity contribution is 0.262. The van der Waals surface area contributed by atoms with E-state index in [4.69, 9.17) is 4.74 Å². The van der Waals surface area contributed by atoms with Gasteiger partial charge in [-0.3, -0.25) is 4.98 Å². The number of aryl methyl sites for hydroxylation is 1. The van der Waals surface area contributed by atoms with Gasteiger partial charge in [-0.15, -0.1) is 0 Å². The Kier molecular flexibility index (Phi) is 5.07. The number of ether oxygens (including phenoxy) is 1. The molecule has 2 aromatic carbocycles. The maximum Gasteiger partial charge on any atom is 0.323 e. The summed E-state index contributed by atoms with van der Waals surface area (Å²) < 4.78 is 32.7. The smallest absolute Gasteiger partial charge is 0.323 e. The lowest BCUT2D eigenvalue weighted by Crippen LogP contribution is -2.20. The van der Waals surface area contributed by atoms with Gasteiger partial charge in [0, 0.05) is 23.6 Å². The highest BCUT2D eigenvalue weighted by atomic mass is 19.1. The number of rotatable bonds is 4. The predicted octanol–water partition coefficient (Wildman–Crippen LogP) is 5.10. The Morgan fingerprint density at radius 3 is 2.31 bits per heavy atom. The normalized spacial score (nSPS) is 10.3. The Labute approximate surface area is 148 Å². The number of nitrogens with zero attached hydrogens (tertiary/aromatic N) is 1. The average molecular weight is 355 g/mol. The van der Waals surface area contributed by atoms with Crippen LogP contribution in [0.4, 0.5) is 25.0 Å². The summed E-state index contributed by atoms with van der Waals surface area (Å²) in [5, 5.41) is 4.65. The van der Waals surface area contributed by atoms with E-state index in [0.717, 1.165) is 17.8 Å². The minimum atomic E-state index is -0.850. The standard InChI is InChI=1S/C19H15F2N3O2/c1-12-11-15(9-10-22-12)26-14-7-5-13(6-8-14)23-19(25)24-18-16(20)3-2-4-17(18)21/h2-11H,1H3,(H2,23,24,25). The van der Waals surface area contributed by atoms with E-state index in [1.807, 2.05) is 6.92 Å². The summed E-state index contributed by atoms with van der Waals surface area (Å²) in [5.74, 6) is -0.485. The molecule has 26 heavy (non-hydrogen) atoms. The van der Waals surface area contributed by atoms with Crippen molar-refractivity contribution < 1.29 is 18.3 Å². The van der Waals surface area contributed by atoms with E-state index in [1.165, 1.54) is 6.07 Å². The highest BCUT2D eigenvalue weighted by molar-refractivity contribution is 5.99. The summed E-state index contributed by atoms with van der Waals surface area (Å²) in [6.07, 6.45) is 1.65. The van der Waals surface area contributed by atoms with Crippen molar-refractivity contribution in [2.45, 2.75) is 6.92 Å². The maximum atomic E-state index is 13.5. The predicted molar refractivity (Wildman–Crippen MR) is 94.5 cm³/mol. The SMILES string of the molecule is Cc1cc(Oc2ccc(NC(=O)Nc3c(F)cccc3F)cc2)ccn1. The average Bonchev–Trinajstić information content (AvgIpc) is 2.60. The molecule has 0 bridgehead atoms. The third-order valence-electron chi connectivity index (χ3n) is 3.42. The van der Waals surface area contributed by atoms with E-state index in [1.54, 1.807) is 42.6 Å². The van der Waals surface area contributed by atoms with Gasteiger partial charge >= 0.3 is 6.03 Å². The molecule has 0 spiro atoms. The Balaban J connectivity index is 1.63. The monoisotopic (exact) mass is 355 g/mol. The quantitative estimate of drug-likeness (QED) is 0.684. The molecule has 0 radical (unpaired) electrons. The van der Waals surface area contributed by atoms with Crippen LogP contribution in [0.15, 0.2) is 60.8 Å². The van der Waals surface area contributed by atoms with Crippen LogP contribution in [0.25, 0.3) is 0 Å². The molecule has 5 nitrogen and oxygen atoms in total. The van der Waals surface area contributed by atoms with E-state index in [9.17, 15) is 13.6 Å². The van der Waals surface area contributed by atoms with Gasteiger partial charge in [0.2, 0.25) is 0 Å². The van der Waals surface area contributed by atoms with Gasteiger partial charge in [-0.2, -0.15) is 0 Å². The summed E-state index contributed by atoms with van der Waals surface area (Å²) in [5.41, 5.74) is 0.772. The molecule has 3 aromatic rings. The lowest BCUT2D eigenvalue weighted by atomic mass is 10.3. The number of carbonyl (C=O) groups excluding carboxylic acids is 1. The van der Waals surface area contributed by atoms with Crippen molar-refractivity contribution in [2.75, 3.05) is 10.6 Å². The molecule has 0 fully saturated rings. The number of urea groups is 1. The lowest BCUT2D eigenvalue weighted by Gasteiger charge is -2.10. The van der Waals surface area contributed by atoms with Crippen LogP contribution >= 0.6 is 0 Å². The van der Waals surface area contributed by atoms with Gasteiger partial charge in [0.25, 0.3) is 0 Å². The fourth-order valence-corrected chi connectivity index (χ4v) is 2.22. The van der Waals surface area contributed by atoms with Crippen molar-refractivity contribution in [3.8, 4) is 11.5 Å². The fourth-order valence-electron chi connectivity index (χ4n) is 2.22. The van der Waals surface area contributed by atoms with Crippen molar-refractivity contribution in [2.24, 2.45) is 0 Å². The molecule has 132 valence electrons. The highest BCUT2D eigenvalue weighted by Crippen LogP contribution is 2.23. The van der Waals surface area contributed by atoms with E-state index >= 15 is 0 Å². The van der Waals surface area contributed by atoms with Crippen molar-refractivity contribution in [1.29, 1.82) is 0 Å². The van der Waals surface area contributed by atoms with Crippen molar-refractivity contribution in [3.63, 3.8) is 0 Å². The summed E-state index contributed by atoms with van der Waals surface area (Å²) in [4.78, 5) is 16.0. The second-order valence-electron chi connectivity index (χ2n) is 5.44. The van der Waals surface area contributed by atoms with Crippen molar-refractivity contribution in [3.05, 3.63) is 78.1 Å². The molecule has 0 unspecified atom stereocenters. The van der Waals surface area contributed by atoms with Gasteiger partial charge in [-0.1, -0.05) is 6.07 Å². The molecule has 3 rings (SSSR count). The maximum absolute atomic E-state index is 13.5. The number of nitrogens with one attached hydrogen (secondary N) is 2. The molecule has 0 atom stereocenters. The number of para-hydroxylation sites is 1. The second kappa shape index (κ2) is 7.60. The van der Waals surface area contributed by atoms with Crippen LogP contribution in [-0.2, 0) is 0 Å². The van der Waals surface area contributed by atoms with E-state index in [0.29, 0.717) is 17.2 Å². The first kappa shape index (κ1) is 17.3. The minimum absolute atomic E-state index is 0.442. The van der Waals surface area contributed by atoms with Crippen LogP contribution in [0.2, 0.25) is 0 Å². The number of aromatic nitrogens is 1. The Morgan fingerprint density at radius 2 is 1.65 bits per heavy atom. The second-order valence-corrected chi connectivity index (χ2v) is 5.44. The molecule has 0 aliphatic rings. The highest BCUT2D eigenvalue weighted by Gasteiger charge is 2.11. The molecule has 1 aromatic heterocycles. The number of anilines is 2. The fraction of sp³-hybridized carbons (Fsp3) is 0.0526. The van der Waals surface area contributed by atoms with Gasteiger partial charge in [0.15, 0.2) is 0 Å². The first-order valence-corrected chi connectivity index (χ1v) is 7.74. The third kappa shape index (κ3) is 4.32. The van der Waals surface area contributed by atoms with Gasteiger partial charge in [-0.05, 0) is 49.4 Å². The Hall–Kier alpha value is -3.48. The van der Waals surface area contributed by atoms with Crippen LogP contribution in [0.1, 0.15) is 5.69 Å². The van der Waals surface area contributed by atoms with Crippen molar-refractivity contribution in [1.82, 2.24) is 4.98 Å². The largest absolute Gasteiger partial charge is 0.457 e. The van der Waals surface area contributed by atoms with Gasteiger partial charge in [-0.25, -0.2) is 13.6 Å². The van der Waals surface area contributed by atoms with Crippen LogP contribution in [0.5, 0.6) is 11.5 Å². The summed E-state index contributed by atoms with van der Waals surface area (Å²) in [6.45, 7) is 1.86. The molecular formula is C19H15F2N3O2. The Morgan fingerprint density at radius 1 is 0.962 bits per heavy atom.